The lowest BCUT2D eigenvalue weighted by atomic mass is 10.1. The maximum absolute atomic E-state index is 9.45. The van der Waals surface area contributed by atoms with Crippen molar-refractivity contribution < 1.29 is 20.1 Å². The lowest BCUT2D eigenvalue weighted by Crippen LogP contribution is -2.13. The molecule has 0 radical (unpaired) electrons. The van der Waals surface area contributed by atoms with Crippen LogP contribution in [-0.2, 0) is 4.79 Å². The van der Waals surface area contributed by atoms with Crippen molar-refractivity contribution in [3.05, 3.63) is 12.2 Å². The van der Waals surface area contributed by atoms with Gasteiger partial charge in [-0.05, 0) is 39.0 Å². The molecule has 150 valence electrons. The minimum atomic E-state index is -1.23. The van der Waals surface area contributed by atoms with Crippen LogP contribution in [0.15, 0.2) is 12.2 Å². The molecule has 25 heavy (non-hydrogen) atoms. The van der Waals surface area contributed by atoms with Gasteiger partial charge in [-0.15, -0.1) is 0 Å². The van der Waals surface area contributed by atoms with Crippen LogP contribution in [0, 0.1) is 0 Å². The highest BCUT2D eigenvalue weighted by atomic mass is 16.4. The molecule has 1 atom stereocenters. The van der Waals surface area contributed by atoms with Gasteiger partial charge in [-0.2, -0.15) is 0 Å². The molecule has 1 unspecified atom stereocenters. The fourth-order valence-electron chi connectivity index (χ4n) is 2.36. The fraction of sp³-hybridized carbons (Fsp3) is 0.857. The Morgan fingerprint density at radius 2 is 1.16 bits per heavy atom. The van der Waals surface area contributed by atoms with E-state index in [9.17, 15) is 4.79 Å². The molecule has 3 N–H and O–H groups in total. The van der Waals surface area contributed by atoms with E-state index in [4.69, 9.17) is 15.3 Å². The van der Waals surface area contributed by atoms with Gasteiger partial charge in [-0.25, -0.2) is 4.79 Å². The number of allylic oxidation sites excluding steroid dienone is 2. The predicted molar refractivity (Wildman–Crippen MR) is 106 cm³/mol. The third-order valence-electron chi connectivity index (χ3n) is 4.03. The van der Waals surface area contributed by atoms with Crippen LogP contribution >= 0.6 is 0 Å². The van der Waals surface area contributed by atoms with E-state index in [1.807, 2.05) is 0 Å². The number of carboxylic acid groups (broad SMARTS) is 1. The van der Waals surface area contributed by atoms with E-state index in [0.29, 0.717) is 6.61 Å². The molecule has 0 aromatic rings. The molecule has 0 rings (SSSR count). The molecular weight excluding hydrogens is 316 g/mol. The van der Waals surface area contributed by atoms with Crippen LogP contribution in [0.3, 0.4) is 0 Å². The summed E-state index contributed by atoms with van der Waals surface area (Å²) in [6.45, 7) is 3.83. The number of hydrogen-bond acceptors (Lipinski definition) is 3. The van der Waals surface area contributed by atoms with E-state index in [1.165, 1.54) is 90.4 Å². The maximum Gasteiger partial charge on any atom is 0.332 e. The highest BCUT2D eigenvalue weighted by molar-refractivity contribution is 5.71. The molecule has 0 bridgehead atoms. The van der Waals surface area contributed by atoms with Crippen molar-refractivity contribution in [3.63, 3.8) is 0 Å². The minimum Gasteiger partial charge on any atom is -0.479 e. The predicted octanol–water partition coefficient (Wildman–Crippen LogP) is 5.47. The largest absolute Gasteiger partial charge is 0.479 e. The van der Waals surface area contributed by atoms with Gasteiger partial charge in [0.15, 0.2) is 0 Å². The number of aliphatic hydroxyl groups is 2. The normalized spacial score (nSPS) is 12.0. The summed E-state index contributed by atoms with van der Waals surface area (Å²) in [6, 6.07) is 0. The van der Waals surface area contributed by atoms with Gasteiger partial charge >= 0.3 is 5.97 Å². The number of unbranched alkanes of at least 4 members (excludes halogenated alkanes) is 12. The summed E-state index contributed by atoms with van der Waals surface area (Å²) >= 11 is 0. The molecule has 4 nitrogen and oxygen atoms in total. The summed E-state index contributed by atoms with van der Waals surface area (Å²) in [5.41, 5.74) is 0. The summed E-state index contributed by atoms with van der Waals surface area (Å²) in [7, 11) is 0. The summed E-state index contributed by atoms with van der Waals surface area (Å²) in [4.78, 5) is 9.45. The Labute approximate surface area is 155 Å². The van der Waals surface area contributed by atoms with E-state index in [0.717, 1.165) is 6.42 Å². The number of carboxylic acids is 1. The first kappa shape index (κ1) is 26.4. The quantitative estimate of drug-likeness (QED) is 0.252. The molecule has 0 aliphatic heterocycles. The number of hydrogen-bond donors (Lipinski definition) is 3. The standard InChI is InChI=1S/C18H36O.C3H6O3/c1-2-3-4-5-6-7-8-9-10-11-12-13-14-15-16-17-18-19;1-2(4)3(5)6/h9-10,19H,2-8,11-18H2,1H3;2,4H,1H3,(H,5,6)/b10-9-;. The molecule has 0 aromatic heterocycles. The molecule has 4 heteroatoms. The van der Waals surface area contributed by atoms with Crippen molar-refractivity contribution in [1.82, 2.24) is 0 Å². The van der Waals surface area contributed by atoms with E-state index in [-0.39, 0.29) is 0 Å². The van der Waals surface area contributed by atoms with Gasteiger partial charge in [-0.1, -0.05) is 76.9 Å². The van der Waals surface area contributed by atoms with Crippen molar-refractivity contribution >= 4 is 5.97 Å². The summed E-state index contributed by atoms with van der Waals surface area (Å²) in [5.74, 6) is -1.19. The van der Waals surface area contributed by atoms with Crippen LogP contribution in [0.5, 0.6) is 0 Å². The van der Waals surface area contributed by atoms with Gasteiger partial charge < -0.3 is 15.3 Å². The highest BCUT2D eigenvalue weighted by Crippen LogP contribution is 2.09. The Hall–Kier alpha value is -0.870. The first-order chi connectivity index (χ1) is 12.1. The summed E-state index contributed by atoms with van der Waals surface area (Å²) in [5, 5.41) is 24.4. The lowest BCUT2D eigenvalue weighted by molar-refractivity contribution is -0.145. The van der Waals surface area contributed by atoms with E-state index < -0.39 is 12.1 Å². The Kier molecular flexibility index (Phi) is 24.4. The molecule has 0 aliphatic carbocycles. The van der Waals surface area contributed by atoms with E-state index >= 15 is 0 Å². The zero-order valence-electron chi connectivity index (χ0n) is 16.6. The molecule has 0 spiro atoms. The van der Waals surface area contributed by atoms with Crippen molar-refractivity contribution in [2.24, 2.45) is 0 Å². The monoisotopic (exact) mass is 358 g/mol. The first-order valence-electron chi connectivity index (χ1n) is 10.2. The van der Waals surface area contributed by atoms with Crippen molar-refractivity contribution in [3.8, 4) is 0 Å². The first-order valence-corrected chi connectivity index (χ1v) is 10.2. The van der Waals surface area contributed by atoms with Gasteiger partial charge in [0, 0.05) is 6.61 Å². The summed E-state index contributed by atoms with van der Waals surface area (Å²) in [6.07, 6.45) is 22.0. The zero-order chi connectivity index (χ0) is 19.2. The second-order valence-corrected chi connectivity index (χ2v) is 6.68. The van der Waals surface area contributed by atoms with E-state index in [2.05, 4.69) is 19.1 Å². The van der Waals surface area contributed by atoms with Crippen molar-refractivity contribution in [2.75, 3.05) is 6.61 Å². The van der Waals surface area contributed by atoms with Gasteiger partial charge in [0.1, 0.15) is 6.10 Å². The van der Waals surface area contributed by atoms with Gasteiger partial charge in [0.2, 0.25) is 0 Å². The second-order valence-electron chi connectivity index (χ2n) is 6.68. The number of rotatable bonds is 16. The van der Waals surface area contributed by atoms with Gasteiger partial charge in [0.05, 0.1) is 0 Å². The molecule has 0 amide bonds. The Balaban J connectivity index is 0. The number of aliphatic carboxylic acids is 1. The Morgan fingerprint density at radius 1 is 0.800 bits per heavy atom. The lowest BCUT2D eigenvalue weighted by Gasteiger charge is -1.99. The third-order valence-corrected chi connectivity index (χ3v) is 4.03. The van der Waals surface area contributed by atoms with E-state index in [1.54, 1.807) is 0 Å². The van der Waals surface area contributed by atoms with Crippen LogP contribution in [0.25, 0.3) is 0 Å². The zero-order valence-corrected chi connectivity index (χ0v) is 16.6. The maximum atomic E-state index is 9.45. The SMILES string of the molecule is CC(O)C(=O)O.CCCCCCCC/C=C\CCCCCCCCO. The van der Waals surface area contributed by atoms with Crippen molar-refractivity contribution in [2.45, 2.75) is 110 Å². The summed E-state index contributed by atoms with van der Waals surface area (Å²) < 4.78 is 0. The topological polar surface area (TPSA) is 77.8 Å². The van der Waals surface area contributed by atoms with Crippen LogP contribution in [-0.4, -0.2) is 34.0 Å². The van der Waals surface area contributed by atoms with Crippen LogP contribution in [0.1, 0.15) is 104 Å². The van der Waals surface area contributed by atoms with Gasteiger partial charge in [0.25, 0.3) is 0 Å². The minimum absolute atomic E-state index is 0.362. The molecule has 0 aromatic carbocycles. The molecule has 0 fully saturated rings. The molecule has 0 saturated heterocycles. The smallest absolute Gasteiger partial charge is 0.332 e. The second kappa shape index (κ2) is 23.1. The molecule has 0 saturated carbocycles. The molecule has 0 heterocycles. The number of aliphatic hydroxyl groups excluding tert-OH is 2. The van der Waals surface area contributed by atoms with Gasteiger partial charge in [-0.3, -0.25) is 0 Å². The van der Waals surface area contributed by atoms with Crippen LogP contribution < -0.4 is 0 Å². The highest BCUT2D eigenvalue weighted by Gasteiger charge is 2.01. The average molecular weight is 359 g/mol. The van der Waals surface area contributed by atoms with Crippen molar-refractivity contribution in [1.29, 1.82) is 0 Å². The third kappa shape index (κ3) is 28.2. The van der Waals surface area contributed by atoms with Crippen LogP contribution in [0.2, 0.25) is 0 Å². The molecule has 0 aliphatic rings. The number of carbonyl (C=O) groups is 1. The average Bonchev–Trinajstić information content (AvgIpc) is 2.59. The van der Waals surface area contributed by atoms with Crippen LogP contribution in [0.4, 0.5) is 0 Å². The Morgan fingerprint density at radius 3 is 1.52 bits per heavy atom. The molecular formula is C21H42O4. The Bertz CT molecular complexity index is 288. The fourth-order valence-corrected chi connectivity index (χ4v) is 2.36.